The second-order valence-corrected chi connectivity index (χ2v) is 9.08. The van der Waals surface area contributed by atoms with Crippen LogP contribution in [0, 0.1) is 28.1 Å². The van der Waals surface area contributed by atoms with Gasteiger partial charge in [0.1, 0.15) is 0 Å². The quantitative estimate of drug-likeness (QED) is 0.721. The summed E-state index contributed by atoms with van der Waals surface area (Å²) < 4.78 is 0. The zero-order chi connectivity index (χ0) is 16.6. The first-order valence-corrected chi connectivity index (χ1v) is 9.05. The fourth-order valence-corrected chi connectivity index (χ4v) is 6.87. The molecule has 0 saturated heterocycles. The first kappa shape index (κ1) is 15.4. The maximum Gasteiger partial charge on any atom is 0.309 e. The second kappa shape index (κ2) is 4.50. The number of aliphatic carboxylic acids is 1. The zero-order valence-corrected chi connectivity index (χ0v) is 14.3. The molecule has 4 aliphatic carbocycles. The van der Waals surface area contributed by atoms with Gasteiger partial charge in [0.25, 0.3) is 0 Å². The van der Waals surface area contributed by atoms with Crippen LogP contribution in [0.1, 0.15) is 58.8 Å². The van der Waals surface area contributed by atoms with Gasteiger partial charge in [0.05, 0.1) is 11.5 Å². The Morgan fingerprint density at radius 2 is 2.04 bits per heavy atom. The number of fused-ring (bicyclic) bond motifs is 3. The van der Waals surface area contributed by atoms with E-state index in [2.05, 4.69) is 19.6 Å². The molecular formula is C20H28O3. The van der Waals surface area contributed by atoms with Crippen LogP contribution in [-0.2, 0) is 4.79 Å². The number of rotatable bonds is 1. The second-order valence-electron chi connectivity index (χ2n) is 9.08. The molecule has 23 heavy (non-hydrogen) atoms. The van der Waals surface area contributed by atoms with Gasteiger partial charge in [-0.15, -0.1) is 0 Å². The fraction of sp³-hybridized carbons (Fsp3) is 0.750. The number of carboxylic acids is 1. The molecular weight excluding hydrogens is 288 g/mol. The molecule has 0 unspecified atom stereocenters. The minimum absolute atomic E-state index is 0.0831. The van der Waals surface area contributed by atoms with Crippen molar-refractivity contribution in [3.63, 3.8) is 0 Å². The Morgan fingerprint density at radius 1 is 1.30 bits per heavy atom. The molecule has 0 radical (unpaired) electrons. The number of aliphatic hydroxyl groups is 1. The molecule has 3 fully saturated rings. The standard InChI is InChI=1S/C20H28O3/c1-12-10-20-8-5-15-18(2,6-4-7-19(15,3)17(22)23)16(20)9-14(21)13(12)11-20/h9,13-15,21H,1,4-8,10-11H2,2-3H3,(H,22,23)/t13-,14-,15-,18-,19+,20+/m0/s1. The molecule has 1 spiro atoms. The van der Waals surface area contributed by atoms with Crippen molar-refractivity contribution < 1.29 is 15.0 Å². The van der Waals surface area contributed by atoms with Crippen molar-refractivity contribution in [1.29, 1.82) is 0 Å². The molecule has 4 rings (SSSR count). The van der Waals surface area contributed by atoms with Crippen molar-refractivity contribution in [2.24, 2.45) is 28.1 Å². The summed E-state index contributed by atoms with van der Waals surface area (Å²) in [5.74, 6) is -0.251. The molecule has 0 amide bonds. The fourth-order valence-electron chi connectivity index (χ4n) is 6.87. The van der Waals surface area contributed by atoms with Crippen LogP contribution < -0.4 is 0 Å². The van der Waals surface area contributed by atoms with E-state index in [-0.39, 0.29) is 22.7 Å². The van der Waals surface area contributed by atoms with E-state index in [0.29, 0.717) is 0 Å². The lowest BCUT2D eigenvalue weighted by molar-refractivity contribution is -0.161. The number of hydrogen-bond acceptors (Lipinski definition) is 2. The van der Waals surface area contributed by atoms with Gasteiger partial charge in [0.15, 0.2) is 0 Å². The van der Waals surface area contributed by atoms with Crippen molar-refractivity contribution in [3.8, 4) is 0 Å². The molecule has 2 bridgehead atoms. The molecule has 4 aliphatic rings. The van der Waals surface area contributed by atoms with E-state index in [4.69, 9.17) is 0 Å². The molecule has 0 aliphatic heterocycles. The van der Waals surface area contributed by atoms with Crippen LogP contribution in [0.25, 0.3) is 0 Å². The van der Waals surface area contributed by atoms with Crippen molar-refractivity contribution in [2.75, 3.05) is 0 Å². The Morgan fingerprint density at radius 3 is 2.74 bits per heavy atom. The van der Waals surface area contributed by atoms with Gasteiger partial charge in [-0.25, -0.2) is 0 Å². The third-order valence-electron chi connectivity index (χ3n) is 7.97. The van der Waals surface area contributed by atoms with Gasteiger partial charge in [-0.05, 0) is 62.2 Å². The summed E-state index contributed by atoms with van der Waals surface area (Å²) in [6, 6.07) is 0. The number of aliphatic hydroxyl groups excluding tert-OH is 1. The first-order chi connectivity index (χ1) is 10.7. The van der Waals surface area contributed by atoms with Crippen molar-refractivity contribution >= 4 is 5.97 Å². The predicted molar refractivity (Wildman–Crippen MR) is 88.8 cm³/mol. The van der Waals surface area contributed by atoms with Crippen molar-refractivity contribution in [2.45, 2.75) is 64.9 Å². The maximum atomic E-state index is 12.0. The summed E-state index contributed by atoms with van der Waals surface area (Å²) in [5.41, 5.74) is 2.01. The van der Waals surface area contributed by atoms with Crippen LogP contribution in [0.2, 0.25) is 0 Å². The van der Waals surface area contributed by atoms with E-state index in [1.54, 1.807) is 0 Å². The highest BCUT2D eigenvalue weighted by molar-refractivity contribution is 5.75. The lowest BCUT2D eigenvalue weighted by atomic mass is 9.44. The van der Waals surface area contributed by atoms with Gasteiger partial charge in [-0.3, -0.25) is 4.79 Å². The molecule has 0 aromatic heterocycles. The highest BCUT2D eigenvalue weighted by atomic mass is 16.4. The largest absolute Gasteiger partial charge is 0.481 e. The van der Waals surface area contributed by atoms with Gasteiger partial charge < -0.3 is 10.2 Å². The summed E-state index contributed by atoms with van der Waals surface area (Å²) in [5, 5.41) is 20.5. The number of carboxylic acid groups (broad SMARTS) is 1. The summed E-state index contributed by atoms with van der Waals surface area (Å²) in [7, 11) is 0. The number of hydrogen-bond donors (Lipinski definition) is 2. The third kappa shape index (κ3) is 1.77. The Bertz CT molecular complexity index is 620. The van der Waals surface area contributed by atoms with E-state index < -0.39 is 17.5 Å². The van der Waals surface area contributed by atoms with Crippen LogP contribution in [0.4, 0.5) is 0 Å². The molecule has 126 valence electrons. The van der Waals surface area contributed by atoms with Crippen molar-refractivity contribution in [1.82, 2.24) is 0 Å². The SMILES string of the molecule is C=C1C[C@@]23CC[C@@H]4[C@](C)(C(=O)O)CCC[C@]4(C)C2=C[C@H](O)[C@H]1C3. The molecule has 3 saturated carbocycles. The summed E-state index contributed by atoms with van der Waals surface area (Å²) in [4.78, 5) is 12.0. The molecule has 0 aromatic carbocycles. The molecule has 3 heteroatoms. The van der Waals surface area contributed by atoms with Gasteiger partial charge in [-0.2, -0.15) is 0 Å². The summed E-state index contributed by atoms with van der Waals surface area (Å²) in [6.45, 7) is 8.46. The number of carbonyl (C=O) groups is 1. The van der Waals surface area contributed by atoms with E-state index in [1.165, 1.54) is 11.1 Å². The smallest absolute Gasteiger partial charge is 0.309 e. The lowest BCUT2D eigenvalue weighted by Gasteiger charge is -2.60. The first-order valence-electron chi connectivity index (χ1n) is 9.05. The monoisotopic (exact) mass is 316 g/mol. The van der Waals surface area contributed by atoms with Gasteiger partial charge in [0.2, 0.25) is 0 Å². The Hall–Kier alpha value is -1.09. The van der Waals surface area contributed by atoms with Gasteiger partial charge in [-0.1, -0.05) is 37.1 Å². The van der Waals surface area contributed by atoms with Gasteiger partial charge in [0, 0.05) is 5.92 Å². The molecule has 0 heterocycles. The normalized spacial score (nSPS) is 51.7. The minimum Gasteiger partial charge on any atom is -0.481 e. The predicted octanol–water partition coefficient (Wildman–Crippen LogP) is 3.93. The average Bonchev–Trinajstić information content (AvgIpc) is 2.75. The minimum atomic E-state index is -0.643. The van der Waals surface area contributed by atoms with E-state index in [1.807, 2.05) is 6.92 Å². The zero-order valence-electron chi connectivity index (χ0n) is 14.3. The topological polar surface area (TPSA) is 57.5 Å². The van der Waals surface area contributed by atoms with Crippen LogP contribution in [-0.4, -0.2) is 22.3 Å². The Labute approximate surface area is 138 Å². The van der Waals surface area contributed by atoms with E-state index in [9.17, 15) is 15.0 Å². The van der Waals surface area contributed by atoms with Crippen molar-refractivity contribution in [3.05, 3.63) is 23.8 Å². The van der Waals surface area contributed by atoms with Gasteiger partial charge >= 0.3 is 5.97 Å². The summed E-state index contributed by atoms with van der Waals surface area (Å²) >= 11 is 0. The maximum absolute atomic E-state index is 12.0. The highest BCUT2D eigenvalue weighted by Gasteiger charge is 2.63. The highest BCUT2D eigenvalue weighted by Crippen LogP contribution is 2.70. The average molecular weight is 316 g/mol. The Kier molecular flexibility index (Phi) is 3.02. The van der Waals surface area contributed by atoms with Crippen LogP contribution in [0.5, 0.6) is 0 Å². The van der Waals surface area contributed by atoms with E-state index in [0.717, 1.165) is 44.9 Å². The Balaban J connectivity index is 1.83. The third-order valence-corrected chi connectivity index (χ3v) is 7.97. The summed E-state index contributed by atoms with van der Waals surface area (Å²) in [6.07, 6.45) is 8.53. The molecule has 3 nitrogen and oxygen atoms in total. The van der Waals surface area contributed by atoms with E-state index >= 15 is 0 Å². The molecule has 0 aromatic rings. The lowest BCUT2D eigenvalue weighted by Crippen LogP contribution is -2.54. The van der Waals surface area contributed by atoms with Crippen LogP contribution in [0.15, 0.2) is 23.8 Å². The van der Waals surface area contributed by atoms with Crippen LogP contribution in [0.3, 0.4) is 0 Å². The van der Waals surface area contributed by atoms with Crippen LogP contribution >= 0.6 is 0 Å². The number of allylic oxidation sites excluding steroid dienone is 1. The molecule has 6 atom stereocenters. The molecule has 2 N–H and O–H groups in total.